The van der Waals surface area contributed by atoms with Crippen LogP contribution in [-0.2, 0) is 0 Å². The molecule has 0 saturated heterocycles. The lowest BCUT2D eigenvalue weighted by Gasteiger charge is -2.03. The quantitative estimate of drug-likeness (QED) is 0.507. The van der Waals surface area contributed by atoms with Gasteiger partial charge in [0.05, 0.1) is 23.0 Å². The minimum absolute atomic E-state index is 0.267. The van der Waals surface area contributed by atoms with E-state index in [0.29, 0.717) is 17.1 Å². The number of carbonyl (C=O) groups is 1. The van der Waals surface area contributed by atoms with Gasteiger partial charge in [0.2, 0.25) is 0 Å². The van der Waals surface area contributed by atoms with Crippen molar-refractivity contribution in [3.63, 3.8) is 0 Å². The number of carboxylic acid groups (broad SMARTS) is 1. The van der Waals surface area contributed by atoms with Crippen LogP contribution in [0.15, 0.2) is 76.3 Å². The molecule has 0 fully saturated rings. The number of aliphatic imine (C=N–C) groups is 1. The lowest BCUT2D eigenvalue weighted by molar-refractivity contribution is 0.0696. The average molecular weight is 356 g/mol. The Kier molecular flexibility index (Phi) is 4.26. The lowest BCUT2D eigenvalue weighted by Crippen LogP contribution is -1.99. The average Bonchev–Trinajstić information content (AvgIpc) is 3.15. The molecule has 2 aromatic carbocycles. The first kappa shape index (κ1) is 16.7. The zero-order valence-corrected chi connectivity index (χ0v) is 14.6. The standard InChI is InChI=1S/C22H16N2O3/c1-14-4-5-16(12-19(14)22(25)26)21-9-7-18(27-21)13-24-17-6-8-20-15(11-17)3-2-10-23-20/h2-13H,1H3,(H,25,26). The van der Waals surface area contributed by atoms with E-state index >= 15 is 0 Å². The van der Waals surface area contributed by atoms with Crippen LogP contribution in [0.4, 0.5) is 5.69 Å². The van der Waals surface area contributed by atoms with Gasteiger partial charge in [0.25, 0.3) is 0 Å². The Morgan fingerprint density at radius 3 is 2.85 bits per heavy atom. The summed E-state index contributed by atoms with van der Waals surface area (Å²) in [5, 5.41) is 10.3. The van der Waals surface area contributed by atoms with Crippen LogP contribution in [-0.4, -0.2) is 22.3 Å². The highest BCUT2D eigenvalue weighted by Crippen LogP contribution is 2.25. The van der Waals surface area contributed by atoms with Gasteiger partial charge in [-0.2, -0.15) is 0 Å². The van der Waals surface area contributed by atoms with Crippen molar-refractivity contribution in [3.05, 3.63) is 83.7 Å². The summed E-state index contributed by atoms with van der Waals surface area (Å²) < 4.78 is 5.80. The normalized spacial score (nSPS) is 11.3. The van der Waals surface area contributed by atoms with E-state index in [0.717, 1.165) is 22.2 Å². The van der Waals surface area contributed by atoms with Crippen molar-refractivity contribution in [2.75, 3.05) is 0 Å². The topological polar surface area (TPSA) is 75.7 Å². The van der Waals surface area contributed by atoms with E-state index in [1.165, 1.54) is 0 Å². The molecule has 0 unspecified atom stereocenters. The minimum atomic E-state index is -0.950. The maximum absolute atomic E-state index is 11.3. The molecule has 0 atom stereocenters. The van der Waals surface area contributed by atoms with Gasteiger partial charge in [-0.25, -0.2) is 4.79 Å². The smallest absolute Gasteiger partial charge is 0.335 e. The molecular weight excluding hydrogens is 340 g/mol. The first-order valence-electron chi connectivity index (χ1n) is 8.43. The van der Waals surface area contributed by atoms with Crippen LogP contribution in [0.3, 0.4) is 0 Å². The molecule has 0 aliphatic heterocycles. The second-order valence-corrected chi connectivity index (χ2v) is 6.18. The Bertz CT molecular complexity index is 1180. The summed E-state index contributed by atoms with van der Waals surface area (Å²) in [4.78, 5) is 20.1. The largest absolute Gasteiger partial charge is 0.478 e. The second kappa shape index (κ2) is 6.88. The molecule has 4 aromatic rings. The predicted octanol–water partition coefficient (Wildman–Crippen LogP) is 5.25. The molecule has 0 aliphatic carbocycles. The summed E-state index contributed by atoms with van der Waals surface area (Å²) in [7, 11) is 0. The fourth-order valence-electron chi connectivity index (χ4n) is 2.86. The number of hydrogen-bond donors (Lipinski definition) is 1. The first-order chi connectivity index (χ1) is 13.1. The lowest BCUT2D eigenvalue weighted by atomic mass is 10.0. The number of pyridine rings is 1. The number of hydrogen-bond acceptors (Lipinski definition) is 4. The Hall–Kier alpha value is -3.73. The first-order valence-corrected chi connectivity index (χ1v) is 8.43. The van der Waals surface area contributed by atoms with Crippen molar-refractivity contribution in [2.24, 2.45) is 4.99 Å². The van der Waals surface area contributed by atoms with Crippen molar-refractivity contribution in [3.8, 4) is 11.3 Å². The van der Waals surface area contributed by atoms with Crippen LogP contribution in [0, 0.1) is 6.92 Å². The van der Waals surface area contributed by atoms with E-state index in [1.807, 2.05) is 48.5 Å². The van der Waals surface area contributed by atoms with Gasteiger partial charge in [-0.05, 0) is 55.0 Å². The van der Waals surface area contributed by atoms with Gasteiger partial charge in [0.15, 0.2) is 0 Å². The number of aromatic nitrogens is 1. The van der Waals surface area contributed by atoms with Gasteiger partial charge in [-0.1, -0.05) is 18.2 Å². The van der Waals surface area contributed by atoms with E-state index < -0.39 is 5.97 Å². The van der Waals surface area contributed by atoms with Gasteiger partial charge in [0.1, 0.15) is 11.5 Å². The molecule has 2 heterocycles. The van der Waals surface area contributed by atoms with E-state index in [-0.39, 0.29) is 5.56 Å². The minimum Gasteiger partial charge on any atom is -0.478 e. The van der Waals surface area contributed by atoms with E-state index in [1.54, 1.807) is 31.5 Å². The van der Waals surface area contributed by atoms with Crippen molar-refractivity contribution in [1.82, 2.24) is 4.98 Å². The van der Waals surface area contributed by atoms with Crippen molar-refractivity contribution < 1.29 is 14.3 Å². The summed E-state index contributed by atoms with van der Waals surface area (Å²) in [6.07, 6.45) is 3.41. The molecule has 0 radical (unpaired) electrons. The van der Waals surface area contributed by atoms with Gasteiger partial charge in [-0.3, -0.25) is 9.98 Å². The van der Waals surface area contributed by atoms with Crippen molar-refractivity contribution in [1.29, 1.82) is 0 Å². The number of benzene rings is 2. The predicted molar refractivity (Wildman–Crippen MR) is 105 cm³/mol. The molecule has 0 aliphatic rings. The molecule has 5 nitrogen and oxygen atoms in total. The molecule has 27 heavy (non-hydrogen) atoms. The number of aromatic carboxylic acids is 1. The summed E-state index contributed by atoms with van der Waals surface area (Å²) in [5.74, 6) is 0.240. The van der Waals surface area contributed by atoms with Crippen LogP contribution < -0.4 is 0 Å². The molecule has 0 amide bonds. The van der Waals surface area contributed by atoms with Gasteiger partial charge in [0, 0.05) is 17.1 Å². The zero-order chi connectivity index (χ0) is 18.8. The fourth-order valence-corrected chi connectivity index (χ4v) is 2.86. The zero-order valence-electron chi connectivity index (χ0n) is 14.6. The number of fused-ring (bicyclic) bond motifs is 1. The van der Waals surface area contributed by atoms with Crippen LogP contribution in [0.5, 0.6) is 0 Å². The molecule has 5 heteroatoms. The maximum atomic E-state index is 11.3. The Morgan fingerprint density at radius 1 is 1.11 bits per heavy atom. The van der Waals surface area contributed by atoms with E-state index in [9.17, 15) is 9.90 Å². The van der Waals surface area contributed by atoms with E-state index in [2.05, 4.69) is 9.98 Å². The van der Waals surface area contributed by atoms with Gasteiger partial charge < -0.3 is 9.52 Å². The number of carboxylic acids is 1. The van der Waals surface area contributed by atoms with Crippen LogP contribution in [0.1, 0.15) is 21.7 Å². The third kappa shape index (κ3) is 3.48. The fraction of sp³-hybridized carbons (Fsp3) is 0.0455. The Balaban J connectivity index is 1.59. The second-order valence-electron chi connectivity index (χ2n) is 6.18. The SMILES string of the molecule is Cc1ccc(-c2ccc(C=Nc3ccc4ncccc4c3)o2)cc1C(=O)O. The molecule has 4 rings (SSSR count). The van der Waals surface area contributed by atoms with Crippen LogP contribution >= 0.6 is 0 Å². The summed E-state index contributed by atoms with van der Waals surface area (Å²) >= 11 is 0. The number of rotatable bonds is 4. The molecule has 1 N–H and O–H groups in total. The van der Waals surface area contributed by atoms with Gasteiger partial charge >= 0.3 is 5.97 Å². The summed E-state index contributed by atoms with van der Waals surface area (Å²) in [6.45, 7) is 1.77. The highest BCUT2D eigenvalue weighted by molar-refractivity contribution is 5.91. The molecule has 0 bridgehead atoms. The highest BCUT2D eigenvalue weighted by Gasteiger charge is 2.11. The monoisotopic (exact) mass is 356 g/mol. The third-order valence-electron chi connectivity index (χ3n) is 4.31. The van der Waals surface area contributed by atoms with Gasteiger partial charge in [-0.15, -0.1) is 0 Å². The van der Waals surface area contributed by atoms with Crippen molar-refractivity contribution >= 4 is 28.8 Å². The number of aryl methyl sites for hydroxylation is 1. The molecule has 132 valence electrons. The number of nitrogens with zero attached hydrogens (tertiary/aromatic N) is 2. The highest BCUT2D eigenvalue weighted by atomic mass is 16.4. The number of furan rings is 1. The Labute approximate surface area is 155 Å². The van der Waals surface area contributed by atoms with Crippen molar-refractivity contribution in [2.45, 2.75) is 6.92 Å². The van der Waals surface area contributed by atoms with Crippen LogP contribution in [0.2, 0.25) is 0 Å². The third-order valence-corrected chi connectivity index (χ3v) is 4.31. The van der Waals surface area contributed by atoms with Crippen LogP contribution in [0.25, 0.3) is 22.2 Å². The molecule has 2 aromatic heterocycles. The maximum Gasteiger partial charge on any atom is 0.335 e. The summed E-state index contributed by atoms with van der Waals surface area (Å²) in [6, 6.07) is 18.5. The van der Waals surface area contributed by atoms with E-state index in [4.69, 9.17) is 4.42 Å². The Morgan fingerprint density at radius 2 is 2.00 bits per heavy atom. The molecular formula is C22H16N2O3. The molecule has 0 spiro atoms. The summed E-state index contributed by atoms with van der Waals surface area (Å²) in [5.41, 5.74) is 3.42. The molecule has 0 saturated carbocycles.